The predicted molar refractivity (Wildman–Crippen MR) is 98.5 cm³/mol. The van der Waals surface area contributed by atoms with Crippen LogP contribution in [0.5, 0.6) is 0 Å². The summed E-state index contributed by atoms with van der Waals surface area (Å²) in [5, 5.41) is 0. The molecule has 1 aromatic carbocycles. The average Bonchev–Trinajstić information content (AvgIpc) is 2.38. The minimum atomic E-state index is -3.08. The van der Waals surface area contributed by atoms with Crippen molar-refractivity contribution in [3.8, 4) is 0 Å². The molecule has 0 aliphatic heterocycles. The SMILES string of the molecule is CCOP(=O)(Cc1cc(C(C)(C)C)c(C)c(C(C)(C)C)c1)OC. The standard InChI is InChI=1S/C19H33O3P/c1-10-22-23(20,21-9)13-15-11-16(18(3,4)5)14(2)17(12-15)19(6,7)8/h11-12H,10,13H2,1-9H3. The smallest absolute Gasteiger partial charge is 0.312 e. The van der Waals surface area contributed by atoms with E-state index in [-0.39, 0.29) is 10.8 Å². The van der Waals surface area contributed by atoms with Crippen molar-refractivity contribution in [1.82, 2.24) is 0 Å². The van der Waals surface area contributed by atoms with E-state index in [2.05, 4.69) is 60.6 Å². The maximum absolute atomic E-state index is 12.7. The van der Waals surface area contributed by atoms with Crippen LogP contribution in [0.4, 0.5) is 0 Å². The molecule has 0 spiro atoms. The van der Waals surface area contributed by atoms with Crippen LogP contribution in [0, 0.1) is 6.92 Å². The lowest BCUT2D eigenvalue weighted by atomic mass is 9.76. The van der Waals surface area contributed by atoms with Crippen molar-refractivity contribution < 1.29 is 13.6 Å². The van der Waals surface area contributed by atoms with E-state index in [1.54, 1.807) is 0 Å². The van der Waals surface area contributed by atoms with E-state index in [9.17, 15) is 4.57 Å². The molecule has 0 aliphatic rings. The second-order valence-corrected chi connectivity index (χ2v) is 10.3. The molecule has 132 valence electrons. The molecule has 1 aromatic rings. The third kappa shape index (κ3) is 5.17. The Kier molecular flexibility index (Phi) is 6.29. The largest absolute Gasteiger partial charge is 0.334 e. The first-order chi connectivity index (χ1) is 10.3. The molecule has 0 aliphatic carbocycles. The van der Waals surface area contributed by atoms with Crippen molar-refractivity contribution in [3.63, 3.8) is 0 Å². The van der Waals surface area contributed by atoms with Crippen LogP contribution in [0.25, 0.3) is 0 Å². The van der Waals surface area contributed by atoms with Gasteiger partial charge in [0.2, 0.25) is 0 Å². The molecule has 3 nitrogen and oxygen atoms in total. The monoisotopic (exact) mass is 340 g/mol. The number of benzene rings is 1. The van der Waals surface area contributed by atoms with Crippen molar-refractivity contribution >= 4 is 7.60 Å². The third-order valence-electron chi connectivity index (χ3n) is 4.06. The second-order valence-electron chi connectivity index (χ2n) is 8.19. The highest BCUT2D eigenvalue weighted by molar-refractivity contribution is 7.53. The minimum Gasteiger partial charge on any atom is -0.312 e. The highest BCUT2D eigenvalue weighted by Gasteiger charge is 2.28. The molecule has 1 rings (SSSR count). The van der Waals surface area contributed by atoms with Gasteiger partial charge >= 0.3 is 7.60 Å². The molecule has 0 radical (unpaired) electrons. The number of rotatable bonds is 5. The Morgan fingerprint density at radius 1 is 1.00 bits per heavy atom. The molecule has 0 fully saturated rings. The summed E-state index contributed by atoms with van der Waals surface area (Å²) in [5.74, 6) is 0. The van der Waals surface area contributed by atoms with Gasteiger partial charge in [-0.05, 0) is 46.9 Å². The summed E-state index contributed by atoms with van der Waals surface area (Å²) in [5.41, 5.74) is 4.98. The molecule has 0 N–H and O–H groups in total. The molecule has 0 saturated carbocycles. The van der Waals surface area contributed by atoms with E-state index < -0.39 is 7.60 Å². The van der Waals surface area contributed by atoms with Gasteiger partial charge in [-0.25, -0.2) is 0 Å². The summed E-state index contributed by atoms with van der Waals surface area (Å²) in [6, 6.07) is 4.32. The minimum absolute atomic E-state index is 0.0305. The van der Waals surface area contributed by atoms with Crippen LogP contribution < -0.4 is 0 Å². The van der Waals surface area contributed by atoms with Crippen molar-refractivity contribution in [1.29, 1.82) is 0 Å². The van der Waals surface area contributed by atoms with Crippen LogP contribution in [0.2, 0.25) is 0 Å². The lowest BCUT2D eigenvalue weighted by molar-refractivity contribution is 0.243. The van der Waals surface area contributed by atoms with Crippen LogP contribution in [0.15, 0.2) is 12.1 Å². The summed E-state index contributed by atoms with van der Waals surface area (Å²) in [7, 11) is -1.62. The molecule has 1 unspecified atom stereocenters. The van der Waals surface area contributed by atoms with Crippen LogP contribution >= 0.6 is 7.60 Å². The first-order valence-corrected chi connectivity index (χ1v) is 10.0. The van der Waals surface area contributed by atoms with Gasteiger partial charge in [0.1, 0.15) is 0 Å². The van der Waals surface area contributed by atoms with Crippen molar-refractivity contribution in [2.45, 2.75) is 72.4 Å². The molecular weight excluding hydrogens is 307 g/mol. The summed E-state index contributed by atoms with van der Waals surface area (Å²) in [6.07, 6.45) is 0.309. The Labute approximate surface area is 142 Å². The molecule has 0 bridgehead atoms. The second kappa shape index (κ2) is 7.09. The Bertz CT molecular complexity index is 557. The van der Waals surface area contributed by atoms with Crippen LogP contribution in [-0.4, -0.2) is 13.7 Å². The quantitative estimate of drug-likeness (QED) is 0.620. The van der Waals surface area contributed by atoms with Gasteiger partial charge < -0.3 is 9.05 Å². The van der Waals surface area contributed by atoms with Gasteiger partial charge in [-0.1, -0.05) is 53.7 Å². The van der Waals surface area contributed by atoms with E-state index in [1.807, 2.05) is 6.92 Å². The molecule has 1 atom stereocenters. The Balaban J connectivity index is 3.48. The van der Waals surface area contributed by atoms with Gasteiger partial charge in [-0.2, -0.15) is 0 Å². The maximum atomic E-state index is 12.7. The van der Waals surface area contributed by atoms with E-state index in [0.717, 1.165) is 5.56 Å². The molecule has 0 saturated heterocycles. The van der Waals surface area contributed by atoms with Crippen LogP contribution in [-0.2, 0) is 30.6 Å². The Hall–Kier alpha value is -0.630. The number of hydrogen-bond acceptors (Lipinski definition) is 3. The zero-order valence-corrected chi connectivity index (χ0v) is 17.1. The van der Waals surface area contributed by atoms with Crippen molar-refractivity contribution in [3.05, 3.63) is 34.4 Å². The van der Waals surface area contributed by atoms with Crippen molar-refractivity contribution in [2.75, 3.05) is 13.7 Å². The van der Waals surface area contributed by atoms with E-state index in [0.29, 0.717) is 12.8 Å². The van der Waals surface area contributed by atoms with Gasteiger partial charge in [0.25, 0.3) is 0 Å². The van der Waals surface area contributed by atoms with E-state index in [4.69, 9.17) is 9.05 Å². The first kappa shape index (κ1) is 20.4. The third-order valence-corrected chi connectivity index (χ3v) is 6.02. The molecule has 4 heteroatoms. The highest BCUT2D eigenvalue weighted by atomic mass is 31.2. The molecule has 0 heterocycles. The summed E-state index contributed by atoms with van der Waals surface area (Å²) in [6.45, 7) is 17.7. The highest BCUT2D eigenvalue weighted by Crippen LogP contribution is 2.51. The van der Waals surface area contributed by atoms with E-state index in [1.165, 1.54) is 23.8 Å². The Morgan fingerprint density at radius 2 is 1.43 bits per heavy atom. The fourth-order valence-corrected chi connectivity index (χ4v) is 4.36. The Morgan fingerprint density at radius 3 is 1.74 bits per heavy atom. The molecule has 0 aromatic heterocycles. The lowest BCUT2D eigenvalue weighted by Crippen LogP contribution is -2.20. The van der Waals surface area contributed by atoms with Crippen molar-refractivity contribution in [2.24, 2.45) is 0 Å². The maximum Gasteiger partial charge on any atom is 0.334 e. The normalized spacial score (nSPS) is 15.5. The van der Waals surface area contributed by atoms with E-state index >= 15 is 0 Å². The first-order valence-electron chi connectivity index (χ1n) is 8.28. The fourth-order valence-electron chi connectivity index (χ4n) is 3.01. The fraction of sp³-hybridized carbons (Fsp3) is 0.684. The van der Waals surface area contributed by atoms with Gasteiger partial charge in [0, 0.05) is 7.11 Å². The zero-order valence-electron chi connectivity index (χ0n) is 16.2. The van der Waals surface area contributed by atoms with Gasteiger partial charge in [-0.3, -0.25) is 4.57 Å². The molecule has 0 amide bonds. The molecular formula is C19H33O3P. The van der Waals surface area contributed by atoms with Gasteiger partial charge in [-0.15, -0.1) is 0 Å². The van der Waals surface area contributed by atoms with Gasteiger partial charge in [0.05, 0.1) is 12.8 Å². The number of hydrogen-bond donors (Lipinski definition) is 0. The topological polar surface area (TPSA) is 35.5 Å². The summed E-state index contributed by atoms with van der Waals surface area (Å²) in [4.78, 5) is 0. The average molecular weight is 340 g/mol. The zero-order chi connectivity index (χ0) is 18.1. The lowest BCUT2D eigenvalue weighted by Gasteiger charge is -2.30. The van der Waals surface area contributed by atoms with Crippen LogP contribution in [0.3, 0.4) is 0 Å². The summed E-state index contributed by atoms with van der Waals surface area (Å²) >= 11 is 0. The summed E-state index contributed by atoms with van der Waals surface area (Å²) < 4.78 is 23.3. The predicted octanol–water partition coefficient (Wildman–Crippen LogP) is 5.97. The van der Waals surface area contributed by atoms with Crippen LogP contribution in [0.1, 0.15) is 70.7 Å². The molecule has 23 heavy (non-hydrogen) atoms. The van der Waals surface area contributed by atoms with Gasteiger partial charge in [0.15, 0.2) is 0 Å².